The third-order valence-electron chi connectivity index (χ3n) is 3.81. The molecule has 0 radical (unpaired) electrons. The summed E-state index contributed by atoms with van der Waals surface area (Å²) in [6, 6.07) is 11.5. The zero-order valence-corrected chi connectivity index (χ0v) is 17.8. The predicted octanol–water partition coefficient (Wildman–Crippen LogP) is 1.51. The number of rotatable bonds is 6. The smallest absolute Gasteiger partial charge is 0.244 e. The first-order valence-electron chi connectivity index (χ1n) is 7.74. The summed E-state index contributed by atoms with van der Waals surface area (Å²) in [4.78, 5) is 24.6. The van der Waals surface area contributed by atoms with Gasteiger partial charge in [0.2, 0.25) is 17.9 Å². The predicted molar refractivity (Wildman–Crippen MR) is 101 cm³/mol. The van der Waals surface area contributed by atoms with E-state index in [4.69, 9.17) is 34.8 Å². The van der Waals surface area contributed by atoms with E-state index in [0.717, 1.165) is 0 Å². The number of nitrogens with zero attached hydrogens (tertiary/aromatic N) is 2. The molecule has 0 amide bonds. The molecule has 0 saturated carbocycles. The number of carbonyl (C=O) groups excluding carboxylic acids is 2. The first-order chi connectivity index (χ1) is 12.4. The molecule has 4 nitrogen and oxygen atoms in total. The fourth-order valence-electron chi connectivity index (χ4n) is 2.45. The Morgan fingerprint density at radius 1 is 0.889 bits per heavy atom. The Bertz CT molecular complexity index is 971. The molecule has 27 heavy (non-hydrogen) atoms. The van der Waals surface area contributed by atoms with Crippen molar-refractivity contribution in [3.8, 4) is 0 Å². The molecule has 8 heteroatoms. The molecule has 0 aliphatic rings. The molecule has 0 aliphatic carbocycles. The van der Waals surface area contributed by atoms with Crippen LogP contribution in [0, 0.1) is 0 Å². The number of carbonyl (C=O) groups is 2. The van der Waals surface area contributed by atoms with Gasteiger partial charge in [0.1, 0.15) is 12.4 Å². The van der Waals surface area contributed by atoms with E-state index in [1.165, 1.54) is 0 Å². The molecule has 2 aromatic carbocycles. The monoisotopic (exact) mass is 486 g/mol. The third kappa shape index (κ3) is 5.66. The van der Waals surface area contributed by atoms with Crippen molar-refractivity contribution in [2.75, 3.05) is 0 Å². The van der Waals surface area contributed by atoms with Crippen molar-refractivity contribution >= 4 is 46.4 Å². The molecule has 1 heterocycles. The molecule has 3 aromatic rings. The maximum absolute atomic E-state index is 12.4. The van der Waals surface area contributed by atoms with Crippen LogP contribution in [0.2, 0.25) is 15.1 Å². The average molecular weight is 489 g/mol. The van der Waals surface area contributed by atoms with Gasteiger partial charge < -0.3 is 17.0 Å². The highest BCUT2D eigenvalue weighted by Crippen LogP contribution is 2.23. The molecule has 0 aliphatic heterocycles. The van der Waals surface area contributed by atoms with Crippen molar-refractivity contribution < 1.29 is 31.1 Å². The lowest BCUT2D eigenvalue weighted by atomic mass is 10.1. The number of hydrogen-bond acceptors (Lipinski definition) is 2. The number of imidazole rings is 1. The molecule has 0 fully saturated rings. The van der Waals surface area contributed by atoms with Gasteiger partial charge in [0.15, 0.2) is 13.1 Å². The molecule has 0 bridgehead atoms. The van der Waals surface area contributed by atoms with Crippen LogP contribution in [0.1, 0.15) is 20.7 Å². The van der Waals surface area contributed by atoms with Crippen LogP contribution in [0.3, 0.4) is 0 Å². The number of benzene rings is 2. The van der Waals surface area contributed by atoms with Crippen LogP contribution in [0.5, 0.6) is 0 Å². The number of hydrogen-bond donors (Lipinski definition) is 0. The van der Waals surface area contributed by atoms with Crippen LogP contribution >= 0.6 is 34.8 Å². The zero-order chi connectivity index (χ0) is 18.7. The van der Waals surface area contributed by atoms with E-state index in [0.29, 0.717) is 26.2 Å². The molecule has 3 rings (SSSR count). The van der Waals surface area contributed by atoms with Gasteiger partial charge in [-0.1, -0.05) is 34.8 Å². The lowest BCUT2D eigenvalue weighted by Gasteiger charge is -2.01. The number of ketones is 2. The van der Waals surface area contributed by atoms with Crippen molar-refractivity contribution in [3.05, 3.63) is 87.4 Å². The molecule has 0 N–H and O–H groups in total. The van der Waals surface area contributed by atoms with Gasteiger partial charge in [0, 0.05) is 16.1 Å². The highest BCUT2D eigenvalue weighted by Gasteiger charge is 2.15. The Kier molecular flexibility index (Phi) is 7.62. The third-order valence-corrected chi connectivity index (χ3v) is 4.80. The quantitative estimate of drug-likeness (QED) is 0.390. The topological polar surface area (TPSA) is 43.0 Å². The number of aromatic nitrogens is 2. The lowest BCUT2D eigenvalue weighted by Crippen LogP contribution is -3.00. The standard InChI is InChI=1S/C19H14Cl3N2O2.BrH/c20-15-4-1-13(2-5-15)18(25)10-23-7-8-24(12-23)11-19(26)14-3-6-16(21)17(22)9-14;/h1-9,12H,10-11H2;1H/q+1;/p-1. The highest BCUT2D eigenvalue weighted by atomic mass is 79.9. The van der Waals surface area contributed by atoms with E-state index in [2.05, 4.69) is 0 Å². The summed E-state index contributed by atoms with van der Waals surface area (Å²) in [5, 5.41) is 1.33. The Morgan fingerprint density at radius 2 is 1.56 bits per heavy atom. The highest BCUT2D eigenvalue weighted by molar-refractivity contribution is 6.42. The molecule has 1 aromatic heterocycles. The molecule has 140 valence electrons. The minimum absolute atomic E-state index is 0. The number of halogens is 4. The van der Waals surface area contributed by atoms with Crippen LogP contribution < -0.4 is 21.5 Å². The van der Waals surface area contributed by atoms with E-state index >= 15 is 0 Å². The van der Waals surface area contributed by atoms with Gasteiger partial charge in [-0.15, -0.1) is 0 Å². The first-order valence-corrected chi connectivity index (χ1v) is 8.87. The zero-order valence-electron chi connectivity index (χ0n) is 13.9. The molecule has 0 atom stereocenters. The van der Waals surface area contributed by atoms with Gasteiger partial charge in [-0.25, -0.2) is 9.13 Å². The molecular formula is C19H14BrCl3N2O2. The van der Waals surface area contributed by atoms with E-state index in [1.54, 1.807) is 70.3 Å². The van der Waals surface area contributed by atoms with Crippen LogP contribution in [0.15, 0.2) is 61.2 Å². The molecular weight excluding hydrogens is 474 g/mol. The molecule has 0 saturated heterocycles. The second-order valence-corrected chi connectivity index (χ2v) is 6.99. The van der Waals surface area contributed by atoms with Crippen molar-refractivity contribution in [2.45, 2.75) is 13.1 Å². The van der Waals surface area contributed by atoms with Gasteiger partial charge in [-0.05, 0) is 42.5 Å². The van der Waals surface area contributed by atoms with Gasteiger partial charge >= 0.3 is 0 Å². The SMILES string of the molecule is O=C(Cn1cc[n+](CC(=O)c2ccc(Cl)cc2)c1)c1ccc(Cl)c(Cl)c1.[Br-]. The van der Waals surface area contributed by atoms with Crippen LogP contribution in [-0.2, 0) is 13.1 Å². The summed E-state index contributed by atoms with van der Waals surface area (Å²) >= 11 is 17.6. The summed E-state index contributed by atoms with van der Waals surface area (Å²) in [5.41, 5.74) is 1.07. The van der Waals surface area contributed by atoms with Crippen molar-refractivity contribution in [2.24, 2.45) is 0 Å². The maximum Gasteiger partial charge on any atom is 0.244 e. The van der Waals surface area contributed by atoms with Gasteiger partial charge in [-0.2, -0.15) is 0 Å². The fraction of sp³-hybridized carbons (Fsp3) is 0.105. The maximum atomic E-state index is 12.4. The Hall–Kier alpha value is -1.66. The molecule has 0 unspecified atom stereocenters. The summed E-state index contributed by atoms with van der Waals surface area (Å²) in [6.45, 7) is 0.315. The van der Waals surface area contributed by atoms with Gasteiger partial charge in [0.25, 0.3) is 0 Å². The molecule has 0 spiro atoms. The summed E-state index contributed by atoms with van der Waals surface area (Å²) < 4.78 is 3.43. The lowest BCUT2D eigenvalue weighted by molar-refractivity contribution is -0.682. The Morgan fingerprint density at radius 3 is 2.22 bits per heavy atom. The van der Waals surface area contributed by atoms with Crippen molar-refractivity contribution in [1.82, 2.24) is 4.57 Å². The first kappa shape index (κ1) is 21.6. The van der Waals surface area contributed by atoms with E-state index < -0.39 is 0 Å². The van der Waals surface area contributed by atoms with Crippen LogP contribution in [-0.4, -0.2) is 16.1 Å². The van der Waals surface area contributed by atoms with E-state index in [9.17, 15) is 9.59 Å². The van der Waals surface area contributed by atoms with Crippen molar-refractivity contribution in [1.29, 1.82) is 0 Å². The Balaban J connectivity index is 0.00000261. The van der Waals surface area contributed by atoms with Crippen LogP contribution in [0.4, 0.5) is 0 Å². The minimum atomic E-state index is -0.102. The summed E-state index contributed by atoms with van der Waals surface area (Å²) in [7, 11) is 0. The largest absolute Gasteiger partial charge is 1.00 e. The average Bonchev–Trinajstić information content (AvgIpc) is 3.04. The minimum Gasteiger partial charge on any atom is -1.00 e. The van der Waals surface area contributed by atoms with Crippen molar-refractivity contribution in [3.63, 3.8) is 0 Å². The van der Waals surface area contributed by atoms with E-state index in [1.807, 2.05) is 0 Å². The van der Waals surface area contributed by atoms with E-state index in [-0.39, 0.29) is 41.6 Å². The fourth-order valence-corrected chi connectivity index (χ4v) is 2.87. The Labute approximate surface area is 182 Å². The second kappa shape index (κ2) is 9.51. The normalized spacial score (nSPS) is 10.3. The number of Topliss-reactive ketones (excluding diaryl/α,β-unsaturated/α-hetero) is 2. The van der Waals surface area contributed by atoms with Gasteiger partial charge in [0.05, 0.1) is 10.0 Å². The second-order valence-electron chi connectivity index (χ2n) is 5.74. The van der Waals surface area contributed by atoms with Gasteiger partial charge in [-0.3, -0.25) is 9.59 Å². The van der Waals surface area contributed by atoms with Crippen LogP contribution in [0.25, 0.3) is 0 Å². The summed E-state index contributed by atoms with van der Waals surface area (Å²) in [6.07, 6.45) is 5.20. The summed E-state index contributed by atoms with van der Waals surface area (Å²) in [5.74, 6) is -0.143.